The molecule has 3 amide bonds. The van der Waals surface area contributed by atoms with Crippen molar-refractivity contribution in [1.82, 2.24) is 14.8 Å². The van der Waals surface area contributed by atoms with Crippen LogP contribution in [0.2, 0.25) is 0 Å². The Morgan fingerprint density at radius 3 is 2.21 bits per heavy atom. The Morgan fingerprint density at radius 2 is 1.64 bits per heavy atom. The Balaban J connectivity index is 2.14. The predicted molar refractivity (Wildman–Crippen MR) is 151 cm³/mol. The smallest absolute Gasteiger partial charge is 0.409 e. The van der Waals surface area contributed by atoms with Crippen molar-refractivity contribution in [3.63, 3.8) is 0 Å². The van der Waals surface area contributed by atoms with E-state index in [-0.39, 0.29) is 75.7 Å². The third-order valence-electron chi connectivity index (χ3n) is 6.94. The van der Waals surface area contributed by atoms with E-state index in [4.69, 9.17) is 19.9 Å². The first-order valence-electron chi connectivity index (χ1n) is 14.0. The molecular formula is C29H38N4O9. The van der Waals surface area contributed by atoms with Gasteiger partial charge in [-0.3, -0.25) is 19.4 Å². The van der Waals surface area contributed by atoms with E-state index in [0.29, 0.717) is 10.9 Å². The van der Waals surface area contributed by atoms with E-state index in [0.717, 1.165) is 5.56 Å². The molecule has 0 aliphatic carbocycles. The lowest BCUT2D eigenvalue weighted by molar-refractivity contribution is -0.151. The minimum atomic E-state index is -1.17. The molecule has 2 atom stereocenters. The number of esters is 1. The Hall–Kier alpha value is -4.42. The molecule has 1 aromatic carbocycles. The highest BCUT2D eigenvalue weighted by atomic mass is 16.6. The molecule has 42 heavy (non-hydrogen) atoms. The summed E-state index contributed by atoms with van der Waals surface area (Å²) in [5.74, 6) is -4.39. The van der Waals surface area contributed by atoms with E-state index in [1.807, 2.05) is 6.92 Å². The van der Waals surface area contributed by atoms with Crippen LogP contribution in [-0.2, 0) is 23.9 Å². The molecule has 2 unspecified atom stereocenters. The van der Waals surface area contributed by atoms with Crippen LogP contribution >= 0.6 is 0 Å². The molecule has 3 N–H and O–H groups in total. The third-order valence-corrected chi connectivity index (χ3v) is 6.94. The zero-order chi connectivity index (χ0) is 31.0. The number of aliphatic carboxylic acids is 1. The maximum Gasteiger partial charge on any atom is 0.409 e. The van der Waals surface area contributed by atoms with Gasteiger partial charge in [0.1, 0.15) is 11.3 Å². The van der Waals surface area contributed by atoms with Gasteiger partial charge in [-0.15, -0.1) is 0 Å². The molecular weight excluding hydrogens is 548 g/mol. The van der Waals surface area contributed by atoms with Gasteiger partial charge in [-0.05, 0) is 51.3 Å². The zero-order valence-electron chi connectivity index (χ0n) is 24.4. The fourth-order valence-electron chi connectivity index (χ4n) is 4.84. The number of amides is 3. The highest BCUT2D eigenvalue weighted by molar-refractivity contribution is 6.05. The number of nitrogens with two attached hydrogens (primary N) is 1. The van der Waals surface area contributed by atoms with Crippen LogP contribution in [0.1, 0.15) is 67.6 Å². The van der Waals surface area contributed by atoms with Gasteiger partial charge in [0.25, 0.3) is 5.91 Å². The molecule has 2 aromatic rings. The standard InChI is InChI=1S/C29H38N4O9/c1-5-21(28(38)40-6-2)42-25-18-9-8-17(4)16-20(18)31-24(23(25)26(30)36)19(10-11-22(34)35)27(37)32-12-14-33(15-13-32)29(39)41-7-3/h8-9,16,19,21H,5-7,10-15H2,1-4H3,(H2,30,36)(H,34,35). The molecule has 1 fully saturated rings. The summed E-state index contributed by atoms with van der Waals surface area (Å²) in [6.45, 7) is 8.04. The molecule has 13 nitrogen and oxygen atoms in total. The summed E-state index contributed by atoms with van der Waals surface area (Å²) in [5, 5.41) is 9.88. The van der Waals surface area contributed by atoms with Gasteiger partial charge in [0, 0.05) is 38.0 Å². The number of nitrogens with zero attached hydrogens (tertiary/aromatic N) is 3. The van der Waals surface area contributed by atoms with Crippen LogP contribution in [0.25, 0.3) is 10.9 Å². The van der Waals surface area contributed by atoms with Gasteiger partial charge in [0.15, 0.2) is 6.10 Å². The number of fused-ring (bicyclic) bond motifs is 1. The fraction of sp³-hybridized carbons (Fsp3) is 0.517. The molecule has 228 valence electrons. The molecule has 0 saturated carbocycles. The highest BCUT2D eigenvalue weighted by Gasteiger charge is 2.36. The SMILES string of the molecule is CCOC(=O)C(CC)Oc1c(C(N)=O)c(C(CCC(=O)O)C(=O)N2CCN(C(=O)OCC)CC2)nc2cc(C)ccc12. The summed E-state index contributed by atoms with van der Waals surface area (Å²) in [6.07, 6.45) is -1.91. The molecule has 1 aromatic heterocycles. The number of ether oxygens (including phenoxy) is 3. The number of hydrogen-bond acceptors (Lipinski definition) is 9. The summed E-state index contributed by atoms with van der Waals surface area (Å²) in [7, 11) is 0. The molecule has 1 aliphatic heterocycles. The van der Waals surface area contributed by atoms with Crippen molar-refractivity contribution in [1.29, 1.82) is 0 Å². The molecule has 1 aliphatic rings. The van der Waals surface area contributed by atoms with Crippen molar-refractivity contribution >= 4 is 40.7 Å². The summed E-state index contributed by atoms with van der Waals surface area (Å²) < 4.78 is 16.3. The average molecular weight is 587 g/mol. The summed E-state index contributed by atoms with van der Waals surface area (Å²) in [4.78, 5) is 71.0. The van der Waals surface area contributed by atoms with Gasteiger partial charge in [-0.2, -0.15) is 0 Å². The van der Waals surface area contributed by atoms with Crippen molar-refractivity contribution in [3.8, 4) is 5.75 Å². The number of aryl methyl sites for hydroxylation is 1. The Morgan fingerprint density at radius 1 is 1.00 bits per heavy atom. The van der Waals surface area contributed by atoms with Crippen molar-refractivity contribution in [3.05, 3.63) is 35.0 Å². The van der Waals surface area contributed by atoms with E-state index in [1.54, 1.807) is 39.0 Å². The monoisotopic (exact) mass is 586 g/mol. The van der Waals surface area contributed by atoms with Crippen LogP contribution < -0.4 is 10.5 Å². The first-order chi connectivity index (χ1) is 20.0. The van der Waals surface area contributed by atoms with Gasteiger partial charge in [0.05, 0.1) is 30.3 Å². The second-order valence-corrected chi connectivity index (χ2v) is 9.85. The number of piperazine rings is 1. The van der Waals surface area contributed by atoms with Gasteiger partial charge in [0.2, 0.25) is 5.91 Å². The molecule has 2 heterocycles. The van der Waals surface area contributed by atoms with Crippen LogP contribution in [0.4, 0.5) is 4.79 Å². The quantitative estimate of drug-likeness (QED) is 0.351. The lowest BCUT2D eigenvalue weighted by Gasteiger charge is -2.36. The topological polar surface area (TPSA) is 179 Å². The van der Waals surface area contributed by atoms with Gasteiger partial charge in [-0.1, -0.05) is 13.0 Å². The molecule has 1 saturated heterocycles. The molecule has 0 spiro atoms. The van der Waals surface area contributed by atoms with Gasteiger partial charge < -0.3 is 34.9 Å². The van der Waals surface area contributed by atoms with Crippen molar-refractivity contribution in [2.45, 2.75) is 59.0 Å². The number of carbonyl (C=O) groups is 5. The summed E-state index contributed by atoms with van der Waals surface area (Å²) >= 11 is 0. The Kier molecular flexibility index (Phi) is 11.1. The van der Waals surface area contributed by atoms with Crippen LogP contribution in [0.3, 0.4) is 0 Å². The maximum absolute atomic E-state index is 14.0. The number of carboxylic acids is 1. The Labute approximate surface area is 243 Å². The van der Waals surface area contributed by atoms with E-state index in [9.17, 15) is 29.1 Å². The van der Waals surface area contributed by atoms with Crippen LogP contribution in [0, 0.1) is 6.92 Å². The van der Waals surface area contributed by atoms with Crippen LogP contribution in [0.15, 0.2) is 18.2 Å². The largest absolute Gasteiger partial charge is 0.481 e. The normalized spacial score (nSPS) is 14.7. The maximum atomic E-state index is 14.0. The molecule has 0 radical (unpaired) electrons. The third kappa shape index (κ3) is 7.45. The van der Waals surface area contributed by atoms with Crippen molar-refractivity contribution in [2.75, 3.05) is 39.4 Å². The first kappa shape index (κ1) is 32.1. The number of aromatic nitrogens is 1. The van der Waals surface area contributed by atoms with Crippen LogP contribution in [-0.4, -0.2) is 95.2 Å². The zero-order valence-corrected chi connectivity index (χ0v) is 24.4. The number of rotatable bonds is 12. The number of carbonyl (C=O) groups excluding carboxylic acids is 4. The van der Waals surface area contributed by atoms with E-state index < -0.39 is 41.9 Å². The number of hydrogen-bond donors (Lipinski definition) is 2. The molecule has 3 rings (SSSR count). The number of pyridine rings is 1. The summed E-state index contributed by atoms with van der Waals surface area (Å²) in [5.41, 5.74) is 6.84. The van der Waals surface area contributed by atoms with Crippen molar-refractivity contribution in [2.24, 2.45) is 5.73 Å². The lowest BCUT2D eigenvalue weighted by atomic mass is 9.91. The number of primary amides is 1. The number of benzene rings is 1. The molecule has 13 heteroatoms. The highest BCUT2D eigenvalue weighted by Crippen LogP contribution is 2.37. The predicted octanol–water partition coefficient (Wildman–Crippen LogP) is 2.61. The second-order valence-electron chi connectivity index (χ2n) is 9.85. The molecule has 0 bridgehead atoms. The average Bonchev–Trinajstić information content (AvgIpc) is 2.95. The minimum absolute atomic E-state index is 0.0253. The van der Waals surface area contributed by atoms with E-state index in [2.05, 4.69) is 4.98 Å². The summed E-state index contributed by atoms with van der Waals surface area (Å²) in [6, 6.07) is 5.20. The van der Waals surface area contributed by atoms with Gasteiger partial charge >= 0.3 is 18.0 Å². The number of carboxylic acid groups (broad SMARTS) is 1. The Bertz CT molecular complexity index is 1340. The first-order valence-corrected chi connectivity index (χ1v) is 14.0. The van der Waals surface area contributed by atoms with Crippen LogP contribution in [0.5, 0.6) is 5.75 Å². The van der Waals surface area contributed by atoms with Gasteiger partial charge in [-0.25, -0.2) is 9.59 Å². The lowest BCUT2D eigenvalue weighted by Crippen LogP contribution is -2.52. The fourth-order valence-corrected chi connectivity index (χ4v) is 4.84. The van der Waals surface area contributed by atoms with E-state index >= 15 is 0 Å². The van der Waals surface area contributed by atoms with Crippen molar-refractivity contribution < 1.29 is 43.3 Å². The second kappa shape index (κ2) is 14.5. The minimum Gasteiger partial charge on any atom is -0.481 e. The van der Waals surface area contributed by atoms with E-state index in [1.165, 1.54) is 9.80 Å².